The van der Waals surface area contributed by atoms with Gasteiger partial charge in [-0.2, -0.15) is 0 Å². The summed E-state index contributed by atoms with van der Waals surface area (Å²) >= 11 is 1.38. The van der Waals surface area contributed by atoms with E-state index in [9.17, 15) is 9.50 Å². The summed E-state index contributed by atoms with van der Waals surface area (Å²) in [5.41, 5.74) is 3.30. The van der Waals surface area contributed by atoms with E-state index >= 15 is 0 Å². The Bertz CT molecular complexity index is 456. The average Bonchev–Trinajstić information content (AvgIpc) is 2.74. The van der Waals surface area contributed by atoms with Gasteiger partial charge in [-0.05, 0) is 13.0 Å². The monoisotopic (exact) mass is 223 g/mol. The first kappa shape index (κ1) is 10.3. The van der Waals surface area contributed by atoms with Crippen molar-refractivity contribution in [3.63, 3.8) is 0 Å². The minimum absolute atomic E-state index is 0.279. The number of hydrogen-bond acceptors (Lipinski definition) is 3. The molecule has 4 heteroatoms. The Kier molecular flexibility index (Phi) is 2.79. The van der Waals surface area contributed by atoms with Crippen molar-refractivity contribution in [1.29, 1.82) is 0 Å². The van der Waals surface area contributed by atoms with Crippen molar-refractivity contribution < 1.29 is 9.50 Å². The second-order valence-corrected chi connectivity index (χ2v) is 4.06. The normalized spacial score (nSPS) is 12.7. The summed E-state index contributed by atoms with van der Waals surface area (Å²) in [5, 5.41) is 11.6. The van der Waals surface area contributed by atoms with Gasteiger partial charge < -0.3 is 5.11 Å². The predicted octanol–water partition coefficient (Wildman–Crippen LogP) is 2.67. The molecule has 1 heterocycles. The number of nitrogens with zero attached hydrogens (tertiary/aromatic N) is 1. The molecule has 2 nitrogen and oxygen atoms in total. The molecular formula is C11H10FNOS. The van der Waals surface area contributed by atoms with Crippen molar-refractivity contribution >= 4 is 11.3 Å². The minimum Gasteiger partial charge on any atom is -0.382 e. The molecule has 0 aliphatic carbocycles. The molecule has 1 aromatic carbocycles. The van der Waals surface area contributed by atoms with E-state index in [1.165, 1.54) is 17.4 Å². The van der Waals surface area contributed by atoms with Crippen molar-refractivity contribution in [2.24, 2.45) is 0 Å². The maximum atomic E-state index is 13.4. The summed E-state index contributed by atoms with van der Waals surface area (Å²) in [5.74, 6) is -0.402. The number of aliphatic hydroxyl groups excluding tert-OH is 1. The van der Waals surface area contributed by atoms with Crippen LogP contribution >= 0.6 is 11.3 Å². The van der Waals surface area contributed by atoms with Gasteiger partial charge in [0.1, 0.15) is 11.9 Å². The third kappa shape index (κ3) is 2.06. The van der Waals surface area contributed by atoms with Crippen LogP contribution in [0.4, 0.5) is 4.39 Å². The van der Waals surface area contributed by atoms with Crippen LogP contribution in [0.3, 0.4) is 0 Å². The maximum absolute atomic E-state index is 13.4. The Labute approximate surface area is 91.0 Å². The molecule has 2 aromatic rings. The fraction of sp³-hybridized carbons (Fsp3) is 0.182. The molecule has 0 radical (unpaired) electrons. The molecule has 0 amide bonds. The topological polar surface area (TPSA) is 33.1 Å². The highest BCUT2D eigenvalue weighted by Gasteiger charge is 2.16. The molecule has 2 rings (SSSR count). The summed E-state index contributed by atoms with van der Waals surface area (Å²) in [6, 6.07) is 4.67. The van der Waals surface area contributed by atoms with Gasteiger partial charge in [-0.1, -0.05) is 17.7 Å². The van der Waals surface area contributed by atoms with Crippen molar-refractivity contribution in [1.82, 2.24) is 4.98 Å². The van der Waals surface area contributed by atoms with Crippen molar-refractivity contribution in [3.05, 3.63) is 51.7 Å². The zero-order valence-corrected chi connectivity index (χ0v) is 8.96. The Morgan fingerprint density at radius 3 is 2.93 bits per heavy atom. The third-order valence-corrected chi connectivity index (χ3v) is 2.78. The predicted molar refractivity (Wildman–Crippen MR) is 57.3 cm³/mol. The van der Waals surface area contributed by atoms with Gasteiger partial charge in [0.05, 0.1) is 11.2 Å². The molecule has 1 atom stereocenters. The molecule has 0 saturated carbocycles. The van der Waals surface area contributed by atoms with Crippen molar-refractivity contribution in [2.75, 3.05) is 0 Å². The van der Waals surface area contributed by atoms with Crippen molar-refractivity contribution in [2.45, 2.75) is 13.0 Å². The van der Waals surface area contributed by atoms with Crippen LogP contribution in [0.25, 0.3) is 0 Å². The lowest BCUT2D eigenvalue weighted by atomic mass is 10.0. The maximum Gasteiger partial charge on any atom is 0.129 e. The molecule has 15 heavy (non-hydrogen) atoms. The van der Waals surface area contributed by atoms with E-state index in [-0.39, 0.29) is 5.56 Å². The molecule has 0 aliphatic heterocycles. The lowest BCUT2D eigenvalue weighted by Crippen LogP contribution is -2.03. The lowest BCUT2D eigenvalue weighted by Gasteiger charge is -2.10. The van der Waals surface area contributed by atoms with E-state index < -0.39 is 11.9 Å². The molecule has 1 N–H and O–H groups in total. The molecule has 78 valence electrons. The second-order valence-electron chi connectivity index (χ2n) is 3.34. The third-order valence-electron chi connectivity index (χ3n) is 2.18. The first-order valence-corrected chi connectivity index (χ1v) is 5.45. The van der Waals surface area contributed by atoms with Gasteiger partial charge in [0.15, 0.2) is 0 Å². The van der Waals surface area contributed by atoms with E-state index in [1.54, 1.807) is 23.0 Å². The molecular weight excluding hydrogens is 213 g/mol. The fourth-order valence-electron chi connectivity index (χ4n) is 1.39. The Balaban J connectivity index is 2.41. The van der Waals surface area contributed by atoms with Gasteiger partial charge in [0.25, 0.3) is 0 Å². The molecule has 0 bridgehead atoms. The lowest BCUT2D eigenvalue weighted by molar-refractivity contribution is 0.210. The summed E-state index contributed by atoms with van der Waals surface area (Å²) in [6.07, 6.45) is -0.976. The number of halogens is 1. The van der Waals surface area contributed by atoms with Gasteiger partial charge in [-0.3, -0.25) is 0 Å². The van der Waals surface area contributed by atoms with Gasteiger partial charge >= 0.3 is 0 Å². The zero-order valence-electron chi connectivity index (χ0n) is 8.14. The molecule has 0 saturated heterocycles. The summed E-state index contributed by atoms with van der Waals surface area (Å²) in [6.45, 7) is 1.86. The quantitative estimate of drug-likeness (QED) is 0.849. The van der Waals surface area contributed by atoms with E-state index in [0.29, 0.717) is 5.69 Å². The van der Waals surface area contributed by atoms with Gasteiger partial charge in [-0.25, -0.2) is 9.37 Å². The Morgan fingerprint density at radius 2 is 2.27 bits per heavy atom. The number of hydrogen-bond donors (Lipinski definition) is 1. The first-order valence-electron chi connectivity index (χ1n) is 4.50. The van der Waals surface area contributed by atoms with Gasteiger partial charge in [0, 0.05) is 10.9 Å². The van der Waals surface area contributed by atoms with Gasteiger partial charge in [0.2, 0.25) is 0 Å². The number of aliphatic hydroxyl groups is 1. The highest BCUT2D eigenvalue weighted by atomic mass is 32.1. The van der Waals surface area contributed by atoms with E-state index in [1.807, 2.05) is 6.92 Å². The van der Waals surface area contributed by atoms with Crippen LogP contribution < -0.4 is 0 Å². The highest BCUT2D eigenvalue weighted by Crippen LogP contribution is 2.24. The van der Waals surface area contributed by atoms with E-state index in [4.69, 9.17) is 0 Å². The largest absolute Gasteiger partial charge is 0.382 e. The van der Waals surface area contributed by atoms with Crippen LogP contribution in [0.1, 0.15) is 22.9 Å². The number of thiazole rings is 1. The first-order chi connectivity index (χ1) is 7.18. The summed E-state index contributed by atoms with van der Waals surface area (Å²) in [4.78, 5) is 3.97. The Hall–Kier alpha value is -1.26. The number of rotatable bonds is 2. The van der Waals surface area contributed by atoms with Crippen LogP contribution in [-0.4, -0.2) is 10.1 Å². The zero-order chi connectivity index (χ0) is 10.8. The van der Waals surface area contributed by atoms with Crippen LogP contribution in [0.2, 0.25) is 0 Å². The molecule has 0 fully saturated rings. The molecule has 1 unspecified atom stereocenters. The molecule has 1 aromatic heterocycles. The Morgan fingerprint density at radius 1 is 1.47 bits per heavy atom. The van der Waals surface area contributed by atoms with Crippen LogP contribution in [0.5, 0.6) is 0 Å². The number of aromatic nitrogens is 1. The minimum atomic E-state index is -0.976. The summed E-state index contributed by atoms with van der Waals surface area (Å²) < 4.78 is 13.4. The van der Waals surface area contributed by atoms with E-state index in [2.05, 4.69) is 4.98 Å². The second kappa shape index (κ2) is 4.08. The van der Waals surface area contributed by atoms with Crippen LogP contribution in [-0.2, 0) is 0 Å². The molecule has 0 spiro atoms. The SMILES string of the molecule is Cc1ccc(F)c(C(O)c2cscn2)c1. The smallest absolute Gasteiger partial charge is 0.129 e. The molecule has 0 aliphatic rings. The summed E-state index contributed by atoms with van der Waals surface area (Å²) in [7, 11) is 0. The number of aryl methyl sites for hydroxylation is 1. The standard InChI is InChI=1S/C11H10FNOS/c1-7-2-3-9(12)8(4-7)11(14)10-5-15-6-13-10/h2-6,11,14H,1H3. The highest BCUT2D eigenvalue weighted by molar-refractivity contribution is 7.07. The average molecular weight is 223 g/mol. The van der Waals surface area contributed by atoms with E-state index in [0.717, 1.165) is 5.56 Å². The van der Waals surface area contributed by atoms with Crippen molar-refractivity contribution in [3.8, 4) is 0 Å². The fourth-order valence-corrected chi connectivity index (χ4v) is 1.96. The number of benzene rings is 1. The van der Waals surface area contributed by atoms with Crippen LogP contribution in [0.15, 0.2) is 29.1 Å². The van der Waals surface area contributed by atoms with Crippen LogP contribution in [0, 0.1) is 12.7 Å². The van der Waals surface area contributed by atoms with Gasteiger partial charge in [-0.15, -0.1) is 11.3 Å².